The number of likely N-dealkylation sites (tertiary alicyclic amines) is 1. The highest BCUT2D eigenvalue weighted by Crippen LogP contribution is 2.40. The van der Waals surface area contributed by atoms with Gasteiger partial charge in [0.2, 0.25) is 11.8 Å². The molecule has 13 nitrogen and oxygen atoms in total. The van der Waals surface area contributed by atoms with E-state index in [1.807, 2.05) is 54.0 Å². The van der Waals surface area contributed by atoms with Gasteiger partial charge in [0.1, 0.15) is 30.6 Å². The number of carbonyl (C=O) groups is 2. The molecule has 5 heterocycles. The number of thiophene rings is 1. The molecule has 1 fully saturated rings. The van der Waals surface area contributed by atoms with Crippen molar-refractivity contribution in [1.29, 1.82) is 0 Å². The number of benzene rings is 3. The van der Waals surface area contributed by atoms with Crippen LogP contribution < -0.4 is 26.6 Å². The Balaban J connectivity index is 0.736. The van der Waals surface area contributed by atoms with Crippen molar-refractivity contribution in [1.82, 2.24) is 34.9 Å². The van der Waals surface area contributed by atoms with Crippen LogP contribution in [0.5, 0.6) is 0 Å². The van der Waals surface area contributed by atoms with Gasteiger partial charge in [-0.15, -0.1) is 21.5 Å². The number of aliphatic imine (C=N–C) groups is 1. The first-order valence-corrected chi connectivity index (χ1v) is 28.7. The molecule has 6 aromatic rings. The molecule has 73 heavy (non-hydrogen) atoms. The number of unbranched alkanes of at least 4 members (excludes halogenated alkanes) is 4. The maximum absolute atomic E-state index is 13.8. The van der Waals surface area contributed by atoms with E-state index in [1.54, 1.807) is 55.0 Å². The molecule has 1 atom stereocenters. The Hall–Kier alpha value is -5.92. The van der Waals surface area contributed by atoms with E-state index in [4.69, 9.17) is 16.6 Å². The number of rotatable bonds is 19. The Kier molecular flexibility index (Phi) is 17.2. The third-order valence-corrected chi connectivity index (χ3v) is 16.4. The predicted molar refractivity (Wildman–Crippen MR) is 289 cm³/mol. The molecule has 0 saturated carbocycles. The summed E-state index contributed by atoms with van der Waals surface area (Å²) in [6.45, 7) is 11.5. The number of halogens is 4. The fourth-order valence-corrected chi connectivity index (χ4v) is 11.6. The van der Waals surface area contributed by atoms with E-state index < -0.39 is 25.9 Å². The molecule has 0 aliphatic carbocycles. The van der Waals surface area contributed by atoms with Crippen LogP contribution in [0.2, 0.25) is 5.02 Å². The van der Waals surface area contributed by atoms with Crippen LogP contribution >= 0.6 is 30.1 Å². The summed E-state index contributed by atoms with van der Waals surface area (Å²) in [7, 11) is -2.38. The maximum Gasteiger partial charge on any atom is 0.406 e. The Bertz CT molecular complexity index is 3070. The van der Waals surface area contributed by atoms with E-state index in [0.29, 0.717) is 54.5 Å². The number of nitrogens with one attached hydrogen (secondary N) is 4. The van der Waals surface area contributed by atoms with Gasteiger partial charge < -0.3 is 30.4 Å². The van der Waals surface area contributed by atoms with Gasteiger partial charge in [-0.1, -0.05) is 55.0 Å². The molecule has 3 aromatic heterocycles. The van der Waals surface area contributed by atoms with Crippen molar-refractivity contribution in [3.63, 3.8) is 0 Å². The number of hydrogen-bond donors (Lipinski definition) is 4. The van der Waals surface area contributed by atoms with Crippen molar-refractivity contribution in [2.75, 3.05) is 63.2 Å². The number of amides is 2. The van der Waals surface area contributed by atoms with Gasteiger partial charge in [-0.2, -0.15) is 13.2 Å². The fourth-order valence-electron chi connectivity index (χ4n) is 9.41. The molecular weight excluding hydrogens is 992 g/mol. The molecule has 19 heteroatoms. The Morgan fingerprint density at radius 1 is 0.890 bits per heavy atom. The first kappa shape index (κ1) is 53.4. The Morgan fingerprint density at radius 2 is 1.58 bits per heavy atom. The summed E-state index contributed by atoms with van der Waals surface area (Å²) in [5.41, 5.74) is 6.14. The zero-order chi connectivity index (χ0) is 51.9. The van der Waals surface area contributed by atoms with Crippen LogP contribution in [0.25, 0.3) is 15.9 Å². The average Bonchev–Trinajstić information content (AvgIpc) is 3.97. The molecule has 0 unspecified atom stereocenters. The monoisotopic (exact) mass is 1050 g/mol. The van der Waals surface area contributed by atoms with Crippen molar-refractivity contribution in [2.24, 2.45) is 4.99 Å². The van der Waals surface area contributed by atoms with E-state index in [0.717, 1.165) is 94.9 Å². The molecule has 2 aliphatic heterocycles. The number of carbonyl (C=O) groups excluding carboxylic acids is 2. The molecule has 1 saturated heterocycles. The quantitative estimate of drug-likeness (QED) is 0.0356. The van der Waals surface area contributed by atoms with Crippen molar-refractivity contribution < 1.29 is 27.3 Å². The van der Waals surface area contributed by atoms with E-state index in [-0.39, 0.29) is 36.5 Å². The third kappa shape index (κ3) is 13.6. The lowest BCUT2D eigenvalue weighted by Gasteiger charge is -2.32. The maximum atomic E-state index is 13.8. The van der Waals surface area contributed by atoms with Crippen LogP contribution in [0.4, 0.5) is 24.5 Å². The second-order valence-corrected chi connectivity index (χ2v) is 24.2. The smallest absolute Gasteiger partial charge is 0.382 e. The lowest BCUT2D eigenvalue weighted by Crippen LogP contribution is -2.44. The average molecular weight is 1060 g/mol. The summed E-state index contributed by atoms with van der Waals surface area (Å²) >= 11 is 7.92. The third-order valence-electron chi connectivity index (χ3n) is 13.4. The van der Waals surface area contributed by atoms with Crippen molar-refractivity contribution in [2.45, 2.75) is 96.9 Å². The minimum Gasteiger partial charge on any atom is -0.382 e. The number of aromatic nitrogens is 4. The molecule has 8 rings (SSSR count). The molecule has 0 bridgehead atoms. The number of hydrogen-bond acceptors (Lipinski definition) is 10. The van der Waals surface area contributed by atoms with Crippen molar-refractivity contribution >= 4 is 75.2 Å². The highest BCUT2D eigenvalue weighted by Gasteiger charge is 2.33. The first-order valence-electron chi connectivity index (χ1n) is 24.9. The van der Waals surface area contributed by atoms with Crippen LogP contribution in [0.15, 0.2) is 77.8 Å². The van der Waals surface area contributed by atoms with E-state index in [2.05, 4.69) is 62.1 Å². The molecule has 3 aromatic carbocycles. The molecule has 0 spiro atoms. The highest BCUT2D eigenvalue weighted by atomic mass is 35.5. The number of fused-ring (bicyclic) bond motifs is 4. The van der Waals surface area contributed by atoms with Crippen LogP contribution in [-0.4, -0.2) is 107 Å². The standard InChI is InChI=1S/C54H63ClF3N10O3PS/c1-35-36(2)73-53-50(35)51(38-16-18-39(55)19-17-38)63-46(52-65-64-37(3)68(52)53)32-48(69)60-26-9-7-6-8-10-27-61-49(70)33-66-29-24-41(25-30-66)62-45-14-11-15-47-44(45)31-42(67(47)34-54(56,57)58)13-12-28-59-40-20-22-43(23-21-40)72(4,5)71/h11,14-23,31,41,46,59,62H,6-10,24-30,32-34H2,1-5H3,(H,60,69)(H,61,70)/t46-/m0/s1. The minimum absolute atomic E-state index is 0.0105. The van der Waals surface area contributed by atoms with Gasteiger partial charge >= 0.3 is 6.18 Å². The van der Waals surface area contributed by atoms with Gasteiger partial charge in [0.25, 0.3) is 0 Å². The van der Waals surface area contributed by atoms with Crippen LogP contribution in [0.3, 0.4) is 0 Å². The molecule has 2 aliphatic rings. The van der Waals surface area contributed by atoms with Gasteiger partial charge in [-0.25, -0.2) is 0 Å². The molecule has 386 valence electrons. The number of nitrogens with zero attached hydrogens (tertiary/aromatic N) is 6. The zero-order valence-corrected chi connectivity index (χ0v) is 44.4. The second kappa shape index (κ2) is 23.5. The second-order valence-electron chi connectivity index (χ2n) is 19.3. The van der Waals surface area contributed by atoms with Gasteiger partial charge in [0.05, 0.1) is 36.4 Å². The topological polar surface area (TPSA) is 151 Å². The Morgan fingerprint density at radius 3 is 2.26 bits per heavy atom. The van der Waals surface area contributed by atoms with Gasteiger partial charge in [-0.05, 0) is 126 Å². The fraction of sp³-hybridized carbons (Fsp3) is 0.426. The van der Waals surface area contributed by atoms with Gasteiger partial charge in [0, 0.05) is 75.3 Å². The number of aryl methyl sites for hydroxylation is 2. The summed E-state index contributed by atoms with van der Waals surface area (Å²) < 4.78 is 57.1. The highest BCUT2D eigenvalue weighted by molar-refractivity contribution is 7.70. The Labute approximate surface area is 434 Å². The van der Waals surface area contributed by atoms with Crippen molar-refractivity contribution in [3.8, 4) is 16.8 Å². The summed E-state index contributed by atoms with van der Waals surface area (Å²) in [6, 6.07) is 21.5. The lowest BCUT2D eigenvalue weighted by atomic mass is 9.99. The molecular formula is C54H63ClF3N10O3PS. The van der Waals surface area contributed by atoms with E-state index >= 15 is 0 Å². The van der Waals surface area contributed by atoms with Crippen molar-refractivity contribution in [3.05, 3.63) is 117 Å². The molecule has 0 radical (unpaired) electrons. The lowest BCUT2D eigenvalue weighted by molar-refractivity contribution is -0.140. The minimum atomic E-state index is -4.44. The number of anilines is 2. The molecule has 2 amide bonds. The first-order chi connectivity index (χ1) is 34.9. The molecule has 4 N–H and O–H groups in total. The normalized spacial score (nSPS) is 15.2. The summed E-state index contributed by atoms with van der Waals surface area (Å²) in [6.07, 6.45) is 1.86. The van der Waals surface area contributed by atoms with Gasteiger partial charge in [0.15, 0.2) is 5.82 Å². The largest absolute Gasteiger partial charge is 0.406 e. The summed E-state index contributed by atoms with van der Waals surface area (Å²) in [5.74, 6) is 7.22. The van der Waals surface area contributed by atoms with Crippen LogP contribution in [0.1, 0.15) is 96.3 Å². The number of piperidine rings is 1. The zero-order valence-electron chi connectivity index (χ0n) is 42.0. The van der Waals surface area contributed by atoms with E-state index in [9.17, 15) is 27.3 Å². The van der Waals surface area contributed by atoms with Crippen LogP contribution in [-0.2, 0) is 20.7 Å². The summed E-state index contributed by atoms with van der Waals surface area (Å²) in [4.78, 5) is 34.8. The van der Waals surface area contributed by atoms with E-state index in [1.165, 1.54) is 9.44 Å². The summed E-state index contributed by atoms with van der Waals surface area (Å²) in [5, 5.41) is 24.9. The van der Waals surface area contributed by atoms with Gasteiger partial charge in [-0.3, -0.25) is 24.0 Å². The predicted octanol–water partition coefficient (Wildman–Crippen LogP) is 10.2. The number of alkyl halides is 3. The van der Waals surface area contributed by atoms with Crippen LogP contribution in [0, 0.1) is 32.6 Å². The SMILES string of the molecule is Cc1sc2c(c1C)C(c1ccc(Cl)cc1)=N[C@@H](CC(=O)NCCCCCCCNC(=O)CN1CCC(Nc3cccc4c3cc(C#CCNc3ccc(P(C)(C)=O)cc3)n4CC(F)(F)F)CC1)c1nnc(C)n1-2.